The average molecular weight is 479 g/mol. The third-order valence-electron chi connectivity index (χ3n) is 7.37. The molecular formula is C27H34N4O4. The molecule has 0 radical (unpaired) electrons. The van der Waals surface area contributed by atoms with Crippen molar-refractivity contribution in [2.24, 2.45) is 5.73 Å². The lowest BCUT2D eigenvalue weighted by Gasteiger charge is -2.44. The van der Waals surface area contributed by atoms with E-state index < -0.39 is 12.1 Å². The Morgan fingerprint density at radius 3 is 2.69 bits per heavy atom. The number of carbonyl (C=O) groups excluding carboxylic acids is 2. The molecular weight excluding hydrogens is 444 g/mol. The number of amides is 2. The van der Waals surface area contributed by atoms with E-state index in [1.807, 2.05) is 61.5 Å². The van der Waals surface area contributed by atoms with Gasteiger partial charge in [0.1, 0.15) is 17.8 Å². The van der Waals surface area contributed by atoms with Gasteiger partial charge in [-0.05, 0) is 25.0 Å². The van der Waals surface area contributed by atoms with E-state index in [1.165, 1.54) is 0 Å². The Bertz CT molecular complexity index is 1050. The molecule has 0 aliphatic carbocycles. The predicted octanol–water partition coefficient (Wildman–Crippen LogP) is 2.02. The molecule has 3 heterocycles. The van der Waals surface area contributed by atoms with Crippen molar-refractivity contribution in [1.29, 1.82) is 0 Å². The monoisotopic (exact) mass is 478 g/mol. The first-order valence-electron chi connectivity index (χ1n) is 12.5. The Morgan fingerprint density at radius 1 is 1.11 bits per heavy atom. The van der Waals surface area contributed by atoms with Crippen LogP contribution in [0.5, 0.6) is 5.75 Å². The number of piperazine rings is 1. The lowest BCUT2D eigenvalue weighted by Crippen LogP contribution is -2.64. The van der Waals surface area contributed by atoms with Crippen LogP contribution in [0.3, 0.4) is 0 Å². The van der Waals surface area contributed by atoms with Gasteiger partial charge >= 0.3 is 0 Å². The lowest BCUT2D eigenvalue weighted by molar-refractivity contribution is -0.146. The van der Waals surface area contributed by atoms with Crippen molar-refractivity contribution in [3.8, 4) is 5.75 Å². The average Bonchev–Trinajstić information content (AvgIpc) is 3.29. The molecule has 0 aromatic heterocycles. The number of fused-ring (bicyclic) bond motifs is 2. The van der Waals surface area contributed by atoms with Crippen LogP contribution >= 0.6 is 0 Å². The molecule has 35 heavy (non-hydrogen) atoms. The van der Waals surface area contributed by atoms with E-state index in [-0.39, 0.29) is 30.0 Å². The summed E-state index contributed by atoms with van der Waals surface area (Å²) in [7, 11) is 0. The highest BCUT2D eigenvalue weighted by molar-refractivity contribution is 5.91. The summed E-state index contributed by atoms with van der Waals surface area (Å²) < 4.78 is 11.6. The van der Waals surface area contributed by atoms with Gasteiger partial charge < -0.3 is 25.4 Å². The van der Waals surface area contributed by atoms with Crippen molar-refractivity contribution >= 4 is 11.8 Å². The fourth-order valence-electron chi connectivity index (χ4n) is 5.59. The SMILES string of the molecule is CCOC1C[C@@H]2CN(C(=O)[C@@H](N)c3ccccc3)C(C(=O)N[C@@H]3CCOc4ccccc43)CN2C1. The third kappa shape index (κ3) is 4.91. The highest BCUT2D eigenvalue weighted by atomic mass is 16.5. The summed E-state index contributed by atoms with van der Waals surface area (Å²) in [4.78, 5) is 31.3. The van der Waals surface area contributed by atoms with Gasteiger partial charge in [0.2, 0.25) is 11.8 Å². The second kappa shape index (κ2) is 10.4. The van der Waals surface area contributed by atoms with E-state index in [1.54, 1.807) is 4.90 Å². The second-order valence-corrected chi connectivity index (χ2v) is 9.55. The molecule has 0 bridgehead atoms. The zero-order valence-electron chi connectivity index (χ0n) is 20.1. The van der Waals surface area contributed by atoms with Crippen LogP contribution in [0.15, 0.2) is 54.6 Å². The lowest BCUT2D eigenvalue weighted by atomic mass is 9.98. The highest BCUT2D eigenvalue weighted by Crippen LogP contribution is 2.33. The minimum Gasteiger partial charge on any atom is -0.493 e. The van der Waals surface area contributed by atoms with Gasteiger partial charge in [0, 0.05) is 44.3 Å². The highest BCUT2D eigenvalue weighted by Gasteiger charge is 2.46. The summed E-state index contributed by atoms with van der Waals surface area (Å²) in [5, 5.41) is 3.21. The summed E-state index contributed by atoms with van der Waals surface area (Å²) >= 11 is 0. The molecule has 0 saturated carbocycles. The molecule has 2 amide bonds. The largest absolute Gasteiger partial charge is 0.493 e. The van der Waals surface area contributed by atoms with Crippen molar-refractivity contribution in [3.05, 3.63) is 65.7 Å². The molecule has 5 atom stereocenters. The van der Waals surface area contributed by atoms with Gasteiger partial charge in [-0.1, -0.05) is 48.5 Å². The van der Waals surface area contributed by atoms with Gasteiger partial charge in [0.05, 0.1) is 18.8 Å². The fourth-order valence-corrected chi connectivity index (χ4v) is 5.59. The molecule has 2 fully saturated rings. The van der Waals surface area contributed by atoms with E-state index in [9.17, 15) is 9.59 Å². The fraction of sp³-hybridized carbons (Fsp3) is 0.481. The molecule has 5 rings (SSSR count). The maximum absolute atomic E-state index is 13.7. The van der Waals surface area contributed by atoms with Crippen LogP contribution in [0.4, 0.5) is 0 Å². The maximum atomic E-state index is 13.7. The number of nitrogens with zero attached hydrogens (tertiary/aromatic N) is 2. The smallest absolute Gasteiger partial charge is 0.244 e. The molecule has 3 N–H and O–H groups in total. The standard InChI is InChI=1S/C27H34N4O4/c1-2-34-20-14-19-15-31(27(33)25(28)18-8-4-3-5-9-18)23(17-30(19)16-20)26(32)29-22-12-13-35-24-11-7-6-10-21(22)24/h3-11,19-20,22-23,25H,2,12-17,28H2,1H3,(H,29,32)/t19-,20?,22-,23?,25+/m1/s1. The Kier molecular flexibility index (Phi) is 7.04. The van der Waals surface area contributed by atoms with Gasteiger partial charge in [0.25, 0.3) is 0 Å². The number of nitrogens with two attached hydrogens (primary N) is 1. The third-order valence-corrected chi connectivity index (χ3v) is 7.37. The molecule has 2 aromatic carbocycles. The number of rotatable bonds is 6. The molecule has 3 aliphatic heterocycles. The van der Waals surface area contributed by atoms with E-state index >= 15 is 0 Å². The maximum Gasteiger partial charge on any atom is 0.244 e. The van der Waals surface area contributed by atoms with Crippen LogP contribution in [-0.2, 0) is 14.3 Å². The summed E-state index contributed by atoms with van der Waals surface area (Å²) in [6, 6.07) is 15.7. The van der Waals surface area contributed by atoms with E-state index in [0.717, 1.165) is 29.8 Å². The Hall–Kier alpha value is -2.94. The number of ether oxygens (including phenoxy) is 2. The van der Waals surface area contributed by atoms with Crippen LogP contribution < -0.4 is 15.8 Å². The zero-order chi connectivity index (χ0) is 24.4. The first-order valence-corrected chi connectivity index (χ1v) is 12.5. The molecule has 2 aromatic rings. The van der Waals surface area contributed by atoms with Crippen molar-refractivity contribution in [2.75, 3.05) is 32.8 Å². The zero-order valence-corrected chi connectivity index (χ0v) is 20.1. The topological polar surface area (TPSA) is 97.1 Å². The van der Waals surface area contributed by atoms with Crippen LogP contribution in [0.1, 0.15) is 43.0 Å². The van der Waals surface area contributed by atoms with Crippen LogP contribution in [0, 0.1) is 0 Å². The van der Waals surface area contributed by atoms with Crippen LogP contribution in [-0.4, -0.2) is 72.6 Å². The number of para-hydroxylation sites is 1. The van der Waals surface area contributed by atoms with Crippen molar-refractivity contribution in [3.63, 3.8) is 0 Å². The Morgan fingerprint density at radius 2 is 1.89 bits per heavy atom. The molecule has 3 aliphatic rings. The summed E-state index contributed by atoms with van der Waals surface area (Å²) in [6.45, 7) is 4.89. The van der Waals surface area contributed by atoms with Gasteiger partial charge in [-0.25, -0.2) is 0 Å². The first kappa shape index (κ1) is 23.8. The number of hydrogen-bond donors (Lipinski definition) is 2. The van der Waals surface area contributed by atoms with E-state index in [2.05, 4.69) is 10.2 Å². The Balaban J connectivity index is 1.38. The molecule has 0 spiro atoms. The van der Waals surface area contributed by atoms with E-state index in [0.29, 0.717) is 32.7 Å². The predicted molar refractivity (Wildman–Crippen MR) is 132 cm³/mol. The second-order valence-electron chi connectivity index (χ2n) is 9.55. The van der Waals surface area contributed by atoms with Gasteiger partial charge in [0.15, 0.2) is 0 Å². The van der Waals surface area contributed by atoms with Gasteiger partial charge in [-0.3, -0.25) is 14.5 Å². The summed E-state index contributed by atoms with van der Waals surface area (Å²) in [6.07, 6.45) is 1.65. The van der Waals surface area contributed by atoms with Crippen molar-refractivity contribution in [1.82, 2.24) is 15.1 Å². The normalized spacial score (nSPS) is 26.9. The summed E-state index contributed by atoms with van der Waals surface area (Å²) in [5.74, 6) is 0.424. The summed E-state index contributed by atoms with van der Waals surface area (Å²) in [5.41, 5.74) is 8.13. The number of hydrogen-bond acceptors (Lipinski definition) is 6. The molecule has 2 saturated heterocycles. The molecule has 8 heteroatoms. The first-order chi connectivity index (χ1) is 17.0. The number of carbonyl (C=O) groups is 2. The molecule has 8 nitrogen and oxygen atoms in total. The minimum atomic E-state index is -0.814. The van der Waals surface area contributed by atoms with Crippen molar-refractivity contribution in [2.45, 2.75) is 50.0 Å². The molecule has 186 valence electrons. The van der Waals surface area contributed by atoms with Gasteiger partial charge in [-0.15, -0.1) is 0 Å². The number of benzene rings is 2. The minimum absolute atomic E-state index is 0.119. The Labute approximate surface area is 206 Å². The van der Waals surface area contributed by atoms with Gasteiger partial charge in [-0.2, -0.15) is 0 Å². The van der Waals surface area contributed by atoms with Crippen molar-refractivity contribution < 1.29 is 19.1 Å². The number of nitrogens with one attached hydrogen (secondary N) is 1. The van der Waals surface area contributed by atoms with Crippen LogP contribution in [0.25, 0.3) is 0 Å². The van der Waals surface area contributed by atoms with E-state index in [4.69, 9.17) is 15.2 Å². The van der Waals surface area contributed by atoms with Crippen LogP contribution in [0.2, 0.25) is 0 Å². The quantitative estimate of drug-likeness (QED) is 0.659. The molecule has 2 unspecified atom stereocenters.